The summed E-state index contributed by atoms with van der Waals surface area (Å²) in [4.78, 5) is 12.2. The van der Waals surface area contributed by atoms with E-state index in [1.165, 1.54) is 0 Å². The van der Waals surface area contributed by atoms with Gasteiger partial charge < -0.3 is 15.4 Å². The van der Waals surface area contributed by atoms with E-state index in [4.69, 9.17) is 16.3 Å². The fourth-order valence-corrected chi connectivity index (χ4v) is 2.26. The summed E-state index contributed by atoms with van der Waals surface area (Å²) in [5.41, 5.74) is 1.33. The largest absolute Gasteiger partial charge is 0.387 e. The van der Waals surface area contributed by atoms with Crippen molar-refractivity contribution in [3.8, 4) is 0 Å². The first-order valence-corrected chi connectivity index (χ1v) is 6.39. The number of halogens is 1. The highest BCUT2D eigenvalue weighted by molar-refractivity contribution is 6.31. The Kier molecular flexibility index (Phi) is 4.09. The zero-order valence-electron chi connectivity index (χ0n) is 10.5. The average molecular weight is 269 g/mol. The summed E-state index contributed by atoms with van der Waals surface area (Å²) < 4.78 is 5.43. The second kappa shape index (κ2) is 5.59. The number of rotatable bonds is 3. The van der Waals surface area contributed by atoms with Crippen molar-refractivity contribution >= 4 is 23.2 Å². The van der Waals surface area contributed by atoms with Gasteiger partial charge in [0.1, 0.15) is 0 Å². The van der Waals surface area contributed by atoms with Crippen molar-refractivity contribution < 1.29 is 9.53 Å². The molecule has 1 aliphatic rings. The monoisotopic (exact) mass is 268 g/mol. The molecule has 0 spiro atoms. The smallest absolute Gasteiger partial charge is 0.253 e. The van der Waals surface area contributed by atoms with Gasteiger partial charge in [0.05, 0.1) is 17.7 Å². The summed E-state index contributed by atoms with van der Waals surface area (Å²) in [6.07, 6.45) is 0.911. The summed E-state index contributed by atoms with van der Waals surface area (Å²) in [5, 5.41) is 6.52. The van der Waals surface area contributed by atoms with Crippen LogP contribution in [0.25, 0.3) is 0 Å². The van der Waals surface area contributed by atoms with Gasteiger partial charge >= 0.3 is 0 Å². The molecular formula is C13H17ClN2O2. The first kappa shape index (κ1) is 13.2. The average Bonchev–Trinajstić information content (AvgIpc) is 2.75. The number of hydrogen-bond acceptors (Lipinski definition) is 3. The number of benzene rings is 1. The van der Waals surface area contributed by atoms with Crippen molar-refractivity contribution in [3.63, 3.8) is 0 Å². The molecule has 1 heterocycles. The molecule has 2 N–H and O–H groups in total. The molecule has 18 heavy (non-hydrogen) atoms. The zero-order chi connectivity index (χ0) is 13.1. The number of ether oxygens (including phenoxy) is 1. The molecule has 0 aliphatic carbocycles. The van der Waals surface area contributed by atoms with Crippen molar-refractivity contribution in [3.05, 3.63) is 28.8 Å². The molecule has 0 saturated carbocycles. The van der Waals surface area contributed by atoms with E-state index < -0.39 is 0 Å². The van der Waals surface area contributed by atoms with E-state index in [-0.39, 0.29) is 18.1 Å². The van der Waals surface area contributed by atoms with Crippen LogP contribution in [0.4, 0.5) is 5.69 Å². The van der Waals surface area contributed by atoms with Crippen LogP contribution in [0.1, 0.15) is 23.7 Å². The minimum atomic E-state index is -0.121. The van der Waals surface area contributed by atoms with Crippen LogP contribution in [-0.2, 0) is 4.74 Å². The second-order valence-electron chi connectivity index (χ2n) is 4.38. The molecule has 0 bridgehead atoms. The quantitative estimate of drug-likeness (QED) is 0.884. The molecule has 1 fully saturated rings. The van der Waals surface area contributed by atoms with Gasteiger partial charge in [0.25, 0.3) is 5.91 Å². The Balaban J connectivity index is 2.15. The molecule has 0 aromatic heterocycles. The third kappa shape index (κ3) is 2.76. The van der Waals surface area contributed by atoms with Crippen LogP contribution in [0.3, 0.4) is 0 Å². The third-order valence-corrected chi connectivity index (χ3v) is 3.42. The lowest BCUT2D eigenvalue weighted by Crippen LogP contribution is -2.39. The zero-order valence-corrected chi connectivity index (χ0v) is 11.3. The van der Waals surface area contributed by atoms with Gasteiger partial charge in [-0.15, -0.1) is 0 Å². The summed E-state index contributed by atoms with van der Waals surface area (Å²) >= 11 is 5.93. The van der Waals surface area contributed by atoms with Gasteiger partial charge in [-0.05, 0) is 31.5 Å². The van der Waals surface area contributed by atoms with E-state index in [0.29, 0.717) is 17.2 Å². The predicted octanol–water partition coefficient (Wildman–Crippen LogP) is 2.29. The summed E-state index contributed by atoms with van der Waals surface area (Å²) in [5.74, 6) is -0.121. The fourth-order valence-electron chi connectivity index (χ4n) is 2.09. The van der Waals surface area contributed by atoms with Crippen molar-refractivity contribution in [1.82, 2.24) is 5.32 Å². The fraction of sp³-hybridized carbons (Fsp3) is 0.462. The SMILES string of the molecule is CNc1ccc(Cl)cc1C(=O)NC1CCOC1C. The minimum Gasteiger partial charge on any atom is -0.387 e. The van der Waals surface area contributed by atoms with Gasteiger partial charge in [-0.3, -0.25) is 4.79 Å². The van der Waals surface area contributed by atoms with E-state index in [1.54, 1.807) is 25.2 Å². The number of carbonyl (C=O) groups is 1. The third-order valence-electron chi connectivity index (χ3n) is 3.19. The molecule has 5 heteroatoms. The number of hydrogen-bond donors (Lipinski definition) is 2. The van der Waals surface area contributed by atoms with Gasteiger partial charge in [0.2, 0.25) is 0 Å². The van der Waals surface area contributed by atoms with Crippen LogP contribution in [0.15, 0.2) is 18.2 Å². The maximum absolute atomic E-state index is 12.2. The van der Waals surface area contributed by atoms with Crippen LogP contribution in [0.5, 0.6) is 0 Å². The molecule has 1 aromatic carbocycles. The molecule has 2 unspecified atom stereocenters. The van der Waals surface area contributed by atoms with Crippen LogP contribution < -0.4 is 10.6 Å². The molecule has 98 valence electrons. The van der Waals surface area contributed by atoms with Crippen LogP contribution in [0, 0.1) is 0 Å². The maximum atomic E-state index is 12.2. The number of carbonyl (C=O) groups excluding carboxylic acids is 1. The van der Waals surface area contributed by atoms with Gasteiger partial charge in [0.15, 0.2) is 0 Å². The standard InChI is InChI=1S/C13H17ClN2O2/c1-8-11(5-6-18-8)16-13(17)10-7-9(14)3-4-12(10)15-2/h3-4,7-8,11,15H,5-6H2,1-2H3,(H,16,17). The Morgan fingerprint density at radius 3 is 2.89 bits per heavy atom. The van der Waals surface area contributed by atoms with E-state index in [1.807, 2.05) is 6.92 Å². The molecular weight excluding hydrogens is 252 g/mol. The number of nitrogens with one attached hydrogen (secondary N) is 2. The molecule has 0 radical (unpaired) electrons. The lowest BCUT2D eigenvalue weighted by molar-refractivity contribution is 0.0867. The molecule has 1 aliphatic heterocycles. The normalized spacial score (nSPS) is 22.8. The van der Waals surface area contributed by atoms with Crippen molar-refractivity contribution in [2.24, 2.45) is 0 Å². The highest BCUT2D eigenvalue weighted by atomic mass is 35.5. The second-order valence-corrected chi connectivity index (χ2v) is 4.82. The van der Waals surface area contributed by atoms with Crippen LogP contribution in [0.2, 0.25) is 5.02 Å². The number of anilines is 1. The Morgan fingerprint density at radius 1 is 1.50 bits per heavy atom. The Hall–Kier alpha value is -1.26. The molecule has 1 amide bonds. The van der Waals surface area contributed by atoms with Crippen molar-refractivity contribution in [2.75, 3.05) is 19.0 Å². The highest BCUT2D eigenvalue weighted by Gasteiger charge is 2.26. The minimum absolute atomic E-state index is 0.0613. The lowest BCUT2D eigenvalue weighted by atomic mass is 10.1. The van der Waals surface area contributed by atoms with E-state index in [2.05, 4.69) is 10.6 Å². The molecule has 1 saturated heterocycles. The topological polar surface area (TPSA) is 50.4 Å². The molecule has 4 nitrogen and oxygen atoms in total. The van der Waals surface area contributed by atoms with E-state index in [9.17, 15) is 4.79 Å². The van der Waals surface area contributed by atoms with Gasteiger partial charge in [0, 0.05) is 24.4 Å². The van der Waals surface area contributed by atoms with Crippen molar-refractivity contribution in [1.29, 1.82) is 0 Å². The Labute approximate surface area is 112 Å². The van der Waals surface area contributed by atoms with Gasteiger partial charge in [-0.2, -0.15) is 0 Å². The predicted molar refractivity (Wildman–Crippen MR) is 72.3 cm³/mol. The lowest BCUT2D eigenvalue weighted by Gasteiger charge is -2.17. The van der Waals surface area contributed by atoms with Crippen LogP contribution in [-0.4, -0.2) is 31.7 Å². The molecule has 2 atom stereocenters. The summed E-state index contributed by atoms with van der Waals surface area (Å²) in [6, 6.07) is 5.29. The molecule has 2 rings (SSSR count). The summed E-state index contributed by atoms with van der Waals surface area (Å²) in [6.45, 7) is 2.66. The first-order valence-electron chi connectivity index (χ1n) is 6.01. The Morgan fingerprint density at radius 2 is 2.28 bits per heavy atom. The van der Waals surface area contributed by atoms with Crippen molar-refractivity contribution in [2.45, 2.75) is 25.5 Å². The highest BCUT2D eigenvalue weighted by Crippen LogP contribution is 2.21. The van der Waals surface area contributed by atoms with E-state index in [0.717, 1.165) is 12.1 Å². The maximum Gasteiger partial charge on any atom is 0.253 e. The summed E-state index contributed by atoms with van der Waals surface area (Å²) in [7, 11) is 1.78. The molecule has 1 aromatic rings. The van der Waals surface area contributed by atoms with Gasteiger partial charge in [-0.25, -0.2) is 0 Å². The van der Waals surface area contributed by atoms with E-state index >= 15 is 0 Å². The Bertz CT molecular complexity index is 451. The van der Waals surface area contributed by atoms with Gasteiger partial charge in [-0.1, -0.05) is 11.6 Å². The number of amides is 1. The first-order chi connectivity index (χ1) is 8.61. The van der Waals surface area contributed by atoms with Crippen LogP contribution >= 0.6 is 11.6 Å².